The van der Waals surface area contributed by atoms with Crippen molar-refractivity contribution in [2.75, 3.05) is 26.1 Å². The Balaban J connectivity index is 2.01. The van der Waals surface area contributed by atoms with Gasteiger partial charge in [-0.05, 0) is 12.1 Å². The third-order valence-corrected chi connectivity index (χ3v) is 4.00. The number of ether oxygens (including phenoxy) is 2. The Morgan fingerprint density at radius 2 is 1.73 bits per heavy atom. The number of nitrogens with two attached hydrogens (primary N) is 1. The number of ketones is 2. The van der Waals surface area contributed by atoms with Crippen LogP contribution in [-0.4, -0.2) is 31.9 Å². The first kappa shape index (κ1) is 14.5. The van der Waals surface area contributed by atoms with Gasteiger partial charge in [-0.2, -0.15) is 0 Å². The molecule has 5 nitrogen and oxygen atoms in total. The minimum atomic E-state index is -0.471. The lowest BCUT2D eigenvalue weighted by Gasteiger charge is -2.29. The van der Waals surface area contributed by atoms with Gasteiger partial charge in [0.2, 0.25) is 0 Å². The van der Waals surface area contributed by atoms with E-state index in [0.717, 1.165) is 0 Å². The lowest BCUT2D eigenvalue weighted by atomic mass is 9.72. The summed E-state index contributed by atoms with van der Waals surface area (Å²) in [6.07, 6.45) is 7.11. The second-order valence-corrected chi connectivity index (χ2v) is 5.29. The first-order valence-electron chi connectivity index (χ1n) is 7.12. The largest absolute Gasteiger partial charge is 0.489 e. The number of Topliss-reactive ketones (excluding diaryl/α,β-unsaturated/α-hetero) is 2. The van der Waals surface area contributed by atoms with E-state index in [0.29, 0.717) is 24.5 Å². The summed E-state index contributed by atoms with van der Waals surface area (Å²) in [5.74, 6) is -0.692. The third kappa shape index (κ3) is 2.23. The molecule has 0 unspecified atom stereocenters. The minimum absolute atomic E-state index is 0.0738. The van der Waals surface area contributed by atoms with Crippen molar-refractivity contribution in [1.82, 2.24) is 0 Å². The Morgan fingerprint density at radius 1 is 1.05 bits per heavy atom. The molecule has 114 valence electrons. The molecule has 0 radical (unpaired) electrons. The molecule has 1 aromatic rings. The maximum Gasteiger partial charge on any atom is 0.173 e. The van der Waals surface area contributed by atoms with Gasteiger partial charge in [-0.15, -0.1) is 0 Å². The molecule has 0 amide bonds. The number of hydrogen-bond donors (Lipinski definition) is 1. The van der Waals surface area contributed by atoms with Crippen molar-refractivity contribution >= 4 is 17.3 Å². The second kappa shape index (κ2) is 5.77. The first-order chi connectivity index (χ1) is 10.6. The van der Waals surface area contributed by atoms with Crippen LogP contribution in [0.1, 0.15) is 20.7 Å². The molecule has 2 aliphatic carbocycles. The summed E-state index contributed by atoms with van der Waals surface area (Å²) >= 11 is 0. The highest BCUT2D eigenvalue weighted by atomic mass is 16.5. The fourth-order valence-electron chi connectivity index (χ4n) is 2.89. The van der Waals surface area contributed by atoms with Crippen LogP contribution in [0.25, 0.3) is 0 Å². The van der Waals surface area contributed by atoms with Crippen molar-refractivity contribution in [2.24, 2.45) is 11.8 Å². The van der Waals surface area contributed by atoms with E-state index >= 15 is 0 Å². The van der Waals surface area contributed by atoms with Crippen LogP contribution >= 0.6 is 0 Å². The van der Waals surface area contributed by atoms with Gasteiger partial charge in [-0.3, -0.25) is 9.59 Å². The lowest BCUT2D eigenvalue weighted by molar-refractivity contribution is 0.0802. The van der Waals surface area contributed by atoms with Gasteiger partial charge in [-0.25, -0.2) is 0 Å². The van der Waals surface area contributed by atoms with Crippen molar-refractivity contribution < 1.29 is 19.1 Å². The van der Waals surface area contributed by atoms with Crippen LogP contribution in [0.3, 0.4) is 0 Å². The smallest absolute Gasteiger partial charge is 0.173 e. The minimum Gasteiger partial charge on any atom is -0.489 e. The van der Waals surface area contributed by atoms with E-state index < -0.39 is 11.8 Å². The van der Waals surface area contributed by atoms with Gasteiger partial charge in [0.1, 0.15) is 12.4 Å². The van der Waals surface area contributed by atoms with Crippen LogP contribution in [0, 0.1) is 11.8 Å². The van der Waals surface area contributed by atoms with E-state index in [2.05, 4.69) is 0 Å². The highest BCUT2D eigenvalue weighted by molar-refractivity contribution is 6.20. The Kier molecular flexibility index (Phi) is 3.81. The number of hydrogen-bond acceptors (Lipinski definition) is 5. The maximum atomic E-state index is 12.7. The molecule has 0 fully saturated rings. The number of carbonyl (C=O) groups excluding carboxylic acids is 2. The molecule has 0 spiro atoms. The predicted molar refractivity (Wildman–Crippen MR) is 82.1 cm³/mol. The second-order valence-electron chi connectivity index (χ2n) is 5.29. The molecular formula is C17H17NO4. The third-order valence-electron chi connectivity index (χ3n) is 4.00. The zero-order chi connectivity index (χ0) is 15.7. The van der Waals surface area contributed by atoms with Crippen molar-refractivity contribution in [3.63, 3.8) is 0 Å². The van der Waals surface area contributed by atoms with Crippen molar-refractivity contribution in [2.45, 2.75) is 0 Å². The van der Waals surface area contributed by atoms with Gasteiger partial charge in [0.25, 0.3) is 0 Å². The molecule has 3 rings (SSSR count). The van der Waals surface area contributed by atoms with Gasteiger partial charge in [0.15, 0.2) is 11.6 Å². The monoisotopic (exact) mass is 299 g/mol. The molecule has 1 aromatic carbocycles. The molecule has 5 heteroatoms. The number of nitrogen functional groups attached to an aromatic ring is 1. The van der Waals surface area contributed by atoms with Gasteiger partial charge in [0.05, 0.1) is 29.7 Å². The van der Waals surface area contributed by atoms with Crippen molar-refractivity contribution in [3.8, 4) is 5.75 Å². The molecule has 0 saturated carbocycles. The molecule has 0 aromatic heterocycles. The molecule has 22 heavy (non-hydrogen) atoms. The van der Waals surface area contributed by atoms with Gasteiger partial charge in [-0.1, -0.05) is 24.3 Å². The topological polar surface area (TPSA) is 78.6 Å². The number of anilines is 1. The van der Waals surface area contributed by atoms with Gasteiger partial charge in [0, 0.05) is 12.7 Å². The van der Waals surface area contributed by atoms with Crippen LogP contribution < -0.4 is 10.5 Å². The normalized spacial score (nSPS) is 22.4. The maximum absolute atomic E-state index is 12.7. The molecular weight excluding hydrogens is 282 g/mol. The Hall–Kier alpha value is -2.40. The van der Waals surface area contributed by atoms with E-state index in [1.165, 1.54) is 0 Å². The number of methoxy groups -OCH3 is 1. The summed E-state index contributed by atoms with van der Waals surface area (Å²) in [5, 5.41) is 0. The van der Waals surface area contributed by atoms with Crippen molar-refractivity contribution in [3.05, 3.63) is 47.6 Å². The van der Waals surface area contributed by atoms with Gasteiger partial charge < -0.3 is 15.2 Å². The van der Waals surface area contributed by atoms with E-state index in [-0.39, 0.29) is 22.8 Å². The molecule has 2 N–H and O–H groups in total. The summed E-state index contributed by atoms with van der Waals surface area (Å²) < 4.78 is 10.4. The number of benzene rings is 1. The average molecular weight is 299 g/mol. The Morgan fingerprint density at radius 3 is 2.41 bits per heavy atom. The zero-order valence-electron chi connectivity index (χ0n) is 12.2. The quantitative estimate of drug-likeness (QED) is 0.680. The summed E-state index contributed by atoms with van der Waals surface area (Å²) in [6, 6.07) is 3.26. The van der Waals surface area contributed by atoms with Crippen LogP contribution in [0.2, 0.25) is 0 Å². The first-order valence-corrected chi connectivity index (χ1v) is 7.12. The summed E-state index contributed by atoms with van der Waals surface area (Å²) in [6.45, 7) is 0.748. The highest BCUT2D eigenvalue weighted by Gasteiger charge is 2.41. The van der Waals surface area contributed by atoms with E-state index in [1.807, 2.05) is 0 Å². The van der Waals surface area contributed by atoms with Crippen LogP contribution in [0.5, 0.6) is 5.75 Å². The fourth-order valence-corrected chi connectivity index (χ4v) is 2.89. The van der Waals surface area contributed by atoms with E-state index in [1.54, 1.807) is 43.5 Å². The Labute approximate surface area is 128 Å². The Bertz CT molecular complexity index is 690. The van der Waals surface area contributed by atoms with Gasteiger partial charge >= 0.3 is 0 Å². The number of fused-ring (bicyclic) bond motifs is 2. The van der Waals surface area contributed by atoms with Crippen LogP contribution in [0.15, 0.2) is 36.4 Å². The zero-order valence-corrected chi connectivity index (χ0v) is 12.2. The summed E-state index contributed by atoms with van der Waals surface area (Å²) in [5.41, 5.74) is 6.97. The van der Waals surface area contributed by atoms with Crippen LogP contribution in [-0.2, 0) is 4.74 Å². The van der Waals surface area contributed by atoms with Crippen molar-refractivity contribution in [1.29, 1.82) is 0 Å². The molecule has 0 bridgehead atoms. The standard InChI is InChI=1S/C17H17NO4/c1-21-8-9-22-13-7-6-12-14(15(13)18)17(20)11-5-3-2-4-10(11)16(12)19/h2-7,10-11H,8-9,18H2,1H3/t10-,11-/m1/s1. The molecule has 0 heterocycles. The van der Waals surface area contributed by atoms with E-state index in [9.17, 15) is 9.59 Å². The molecule has 0 aliphatic heterocycles. The van der Waals surface area contributed by atoms with Crippen LogP contribution in [0.4, 0.5) is 5.69 Å². The SMILES string of the molecule is COCCOc1ccc2c(c1N)C(=O)[C@@H]1C=CC=C[C@H]1C2=O. The highest BCUT2D eigenvalue weighted by Crippen LogP contribution is 2.39. The lowest BCUT2D eigenvalue weighted by Crippen LogP contribution is -2.36. The number of rotatable bonds is 4. The fraction of sp³-hybridized carbons (Fsp3) is 0.294. The predicted octanol–water partition coefficient (Wildman–Crippen LogP) is 2.03. The molecule has 0 saturated heterocycles. The summed E-state index contributed by atoms with van der Waals surface area (Å²) in [7, 11) is 1.57. The number of carbonyl (C=O) groups is 2. The molecule has 2 atom stereocenters. The average Bonchev–Trinajstić information content (AvgIpc) is 2.54. The van der Waals surface area contributed by atoms with E-state index in [4.69, 9.17) is 15.2 Å². The number of allylic oxidation sites excluding steroid dienone is 4. The molecule has 2 aliphatic rings. The summed E-state index contributed by atoms with van der Waals surface area (Å²) in [4.78, 5) is 25.3.